The molecule has 0 fully saturated rings. The Kier molecular flexibility index (Phi) is 5.42. The molecule has 33 heavy (non-hydrogen) atoms. The van der Waals surface area contributed by atoms with Crippen molar-refractivity contribution in [3.8, 4) is 5.75 Å². The third kappa shape index (κ3) is 3.50. The van der Waals surface area contributed by atoms with Crippen LogP contribution in [0.15, 0.2) is 29.1 Å². The normalized spacial score (nSPS) is 14.1. The predicted molar refractivity (Wildman–Crippen MR) is 127 cm³/mol. The second-order valence-corrected chi connectivity index (χ2v) is 9.33. The molecule has 0 unspecified atom stereocenters. The van der Waals surface area contributed by atoms with Gasteiger partial charge in [0, 0.05) is 21.5 Å². The highest BCUT2D eigenvalue weighted by molar-refractivity contribution is 7.18. The molecule has 1 N–H and O–H groups in total. The third-order valence-corrected chi connectivity index (χ3v) is 7.34. The number of halogens is 1. The van der Waals surface area contributed by atoms with Crippen LogP contribution < -0.4 is 10.9 Å². The molecular formula is C24H19ClN2O5S. The summed E-state index contributed by atoms with van der Waals surface area (Å²) in [6.07, 6.45) is 4.90. The number of carbonyl (C=O) groups is 2. The van der Waals surface area contributed by atoms with Gasteiger partial charge in [-0.25, -0.2) is 4.79 Å². The molecule has 4 aromatic rings. The van der Waals surface area contributed by atoms with E-state index in [4.69, 9.17) is 16.3 Å². The summed E-state index contributed by atoms with van der Waals surface area (Å²) in [5.74, 6) is -1.64. The molecule has 0 saturated carbocycles. The third-order valence-electron chi connectivity index (χ3n) is 5.81. The van der Waals surface area contributed by atoms with Gasteiger partial charge in [-0.05, 0) is 62.4 Å². The minimum absolute atomic E-state index is 0.0165. The second-order valence-electron chi connectivity index (χ2n) is 7.81. The summed E-state index contributed by atoms with van der Waals surface area (Å²) in [4.78, 5) is 44.5. The van der Waals surface area contributed by atoms with Crippen LogP contribution in [0.5, 0.6) is 5.75 Å². The lowest BCUT2D eigenvalue weighted by molar-refractivity contribution is 0.0525. The Morgan fingerprint density at radius 1 is 1.24 bits per heavy atom. The number of aromatic hydroxyl groups is 1. The van der Waals surface area contributed by atoms with Gasteiger partial charge in [-0.15, -0.1) is 11.3 Å². The first kappa shape index (κ1) is 21.6. The highest BCUT2D eigenvalue weighted by Crippen LogP contribution is 2.35. The number of benzene rings is 1. The zero-order valence-electron chi connectivity index (χ0n) is 17.7. The number of fused-ring (bicyclic) bond motifs is 5. The summed E-state index contributed by atoms with van der Waals surface area (Å²) in [5, 5.41) is 12.1. The van der Waals surface area contributed by atoms with E-state index >= 15 is 0 Å². The minimum Gasteiger partial charge on any atom is -0.505 e. The first-order valence-corrected chi connectivity index (χ1v) is 11.8. The fraction of sp³-hybridized carbons (Fsp3) is 0.250. The summed E-state index contributed by atoms with van der Waals surface area (Å²) >= 11 is 7.36. The van der Waals surface area contributed by atoms with Gasteiger partial charge in [0.05, 0.1) is 17.3 Å². The van der Waals surface area contributed by atoms with E-state index in [9.17, 15) is 19.5 Å². The molecule has 0 radical (unpaired) electrons. The highest BCUT2D eigenvalue weighted by Gasteiger charge is 2.28. The SMILES string of the molecule is CCOC(=O)c1c(O)/c(=C\C(=O)c2ccc(Cl)cc2)n2c1nc(=O)c1c3c(sc12)CCCC3. The first-order valence-electron chi connectivity index (χ1n) is 10.6. The van der Waals surface area contributed by atoms with Crippen molar-refractivity contribution in [3.63, 3.8) is 0 Å². The molecule has 0 atom stereocenters. The van der Waals surface area contributed by atoms with Crippen molar-refractivity contribution < 1.29 is 19.4 Å². The molecule has 1 aliphatic rings. The van der Waals surface area contributed by atoms with E-state index in [0.29, 0.717) is 20.8 Å². The number of rotatable bonds is 4. The largest absolute Gasteiger partial charge is 0.505 e. The van der Waals surface area contributed by atoms with Crippen molar-refractivity contribution in [2.24, 2.45) is 0 Å². The van der Waals surface area contributed by atoms with Crippen molar-refractivity contribution in [1.82, 2.24) is 9.38 Å². The van der Waals surface area contributed by atoms with Crippen LogP contribution in [0.4, 0.5) is 0 Å². The summed E-state index contributed by atoms with van der Waals surface area (Å²) < 4.78 is 6.64. The van der Waals surface area contributed by atoms with Gasteiger partial charge < -0.3 is 9.84 Å². The number of nitrogens with zero attached hydrogens (tertiary/aromatic N) is 2. The highest BCUT2D eigenvalue weighted by atomic mass is 35.5. The number of Topliss-reactive ketones (excluding diaryl/α,β-unsaturated/α-hetero) is 1. The number of thiophene rings is 1. The smallest absolute Gasteiger partial charge is 0.345 e. The maximum Gasteiger partial charge on any atom is 0.345 e. The van der Waals surface area contributed by atoms with E-state index in [2.05, 4.69) is 4.98 Å². The van der Waals surface area contributed by atoms with Crippen molar-refractivity contribution in [2.75, 3.05) is 6.61 Å². The van der Waals surface area contributed by atoms with Crippen LogP contribution in [-0.4, -0.2) is 32.9 Å². The number of hydrogen-bond acceptors (Lipinski definition) is 7. The van der Waals surface area contributed by atoms with Crippen LogP contribution in [0.25, 0.3) is 21.9 Å². The Labute approximate surface area is 196 Å². The van der Waals surface area contributed by atoms with E-state index in [1.54, 1.807) is 31.2 Å². The number of carbonyl (C=O) groups excluding carboxylic acids is 2. The van der Waals surface area contributed by atoms with Gasteiger partial charge in [0.2, 0.25) is 0 Å². The maximum absolute atomic E-state index is 13.0. The van der Waals surface area contributed by atoms with Gasteiger partial charge in [0.25, 0.3) is 5.56 Å². The Morgan fingerprint density at radius 2 is 1.97 bits per heavy atom. The summed E-state index contributed by atoms with van der Waals surface area (Å²) in [7, 11) is 0. The average Bonchev–Trinajstić information content (AvgIpc) is 3.30. The molecule has 5 rings (SSSR count). The minimum atomic E-state index is -0.807. The van der Waals surface area contributed by atoms with Crippen molar-refractivity contribution in [3.05, 3.63) is 66.6 Å². The molecule has 168 valence electrons. The molecule has 0 spiro atoms. The molecule has 9 heteroatoms. The lowest BCUT2D eigenvalue weighted by Gasteiger charge is -2.09. The Balaban J connectivity index is 1.87. The van der Waals surface area contributed by atoms with Gasteiger partial charge in [0.15, 0.2) is 17.2 Å². The van der Waals surface area contributed by atoms with Crippen molar-refractivity contribution in [1.29, 1.82) is 0 Å². The zero-order chi connectivity index (χ0) is 23.3. The topological polar surface area (TPSA) is 98.0 Å². The number of hydrogen-bond donors (Lipinski definition) is 1. The number of aromatic nitrogens is 2. The standard InChI is InChI=1S/C24H19ClN2O5S/c1-2-32-24(31)19-20(29)15(11-16(28)12-7-9-13(25)10-8-12)27-21(19)26-22(30)18-14-5-3-4-6-17(14)33-23(18)27/h7-11,29H,2-6H2,1H3/b15-11+. The van der Waals surface area contributed by atoms with Crippen LogP contribution in [-0.2, 0) is 17.6 Å². The van der Waals surface area contributed by atoms with Gasteiger partial charge in [-0.2, -0.15) is 4.98 Å². The van der Waals surface area contributed by atoms with Crippen molar-refractivity contribution in [2.45, 2.75) is 32.6 Å². The molecule has 0 aliphatic heterocycles. The lowest BCUT2D eigenvalue weighted by Crippen LogP contribution is -2.17. The summed E-state index contributed by atoms with van der Waals surface area (Å²) in [6.45, 7) is 1.72. The maximum atomic E-state index is 13.0. The molecular weight excluding hydrogens is 464 g/mol. The lowest BCUT2D eigenvalue weighted by atomic mass is 9.97. The second kappa shape index (κ2) is 8.28. The molecule has 1 aliphatic carbocycles. The van der Waals surface area contributed by atoms with Gasteiger partial charge in [0.1, 0.15) is 10.4 Å². The summed E-state index contributed by atoms with van der Waals surface area (Å²) in [6, 6.07) is 6.35. The summed E-state index contributed by atoms with van der Waals surface area (Å²) in [5.41, 5.74) is 0.646. The number of aryl methyl sites for hydroxylation is 2. The fourth-order valence-electron chi connectivity index (χ4n) is 4.30. The van der Waals surface area contributed by atoms with Crippen LogP contribution in [0.3, 0.4) is 0 Å². The van der Waals surface area contributed by atoms with Crippen molar-refractivity contribution >= 4 is 56.6 Å². The van der Waals surface area contributed by atoms with Gasteiger partial charge >= 0.3 is 5.97 Å². The average molecular weight is 483 g/mol. The number of esters is 1. The van der Waals surface area contributed by atoms with E-state index in [1.807, 2.05) is 0 Å². The van der Waals surface area contributed by atoms with E-state index in [1.165, 1.54) is 21.8 Å². The Bertz CT molecular complexity index is 1550. The first-order chi connectivity index (χ1) is 15.9. The van der Waals surface area contributed by atoms with Crippen LogP contribution in [0.1, 0.15) is 50.9 Å². The van der Waals surface area contributed by atoms with Gasteiger partial charge in [-0.1, -0.05) is 11.6 Å². The van der Waals surface area contributed by atoms with Gasteiger partial charge in [-0.3, -0.25) is 14.0 Å². The fourth-order valence-corrected chi connectivity index (χ4v) is 5.83. The molecule has 3 aromatic heterocycles. The molecule has 7 nitrogen and oxygen atoms in total. The number of ketones is 1. The molecule has 3 heterocycles. The zero-order valence-corrected chi connectivity index (χ0v) is 19.3. The quantitative estimate of drug-likeness (QED) is 0.352. The van der Waals surface area contributed by atoms with Crippen LogP contribution in [0, 0.1) is 0 Å². The predicted octanol–water partition coefficient (Wildman–Crippen LogP) is 3.71. The Morgan fingerprint density at radius 3 is 2.70 bits per heavy atom. The Hall–Kier alpha value is -3.23. The molecule has 0 amide bonds. The van der Waals surface area contributed by atoms with E-state index in [-0.39, 0.29) is 23.2 Å². The number of ether oxygens (including phenoxy) is 1. The van der Waals surface area contributed by atoms with Crippen LogP contribution >= 0.6 is 22.9 Å². The molecule has 0 saturated heterocycles. The molecule has 0 bridgehead atoms. The van der Waals surface area contributed by atoms with E-state index in [0.717, 1.165) is 36.1 Å². The molecule has 1 aromatic carbocycles. The van der Waals surface area contributed by atoms with E-state index < -0.39 is 23.1 Å². The monoisotopic (exact) mass is 482 g/mol. The van der Waals surface area contributed by atoms with Crippen LogP contribution in [0.2, 0.25) is 5.02 Å².